The summed E-state index contributed by atoms with van der Waals surface area (Å²) in [4.78, 5) is 27.8. The number of nitrogen functional groups attached to an aromatic ring is 1. The van der Waals surface area contributed by atoms with Crippen LogP contribution in [0.5, 0.6) is 0 Å². The number of hydrogen-bond donors (Lipinski definition) is 1. The van der Waals surface area contributed by atoms with Gasteiger partial charge in [0.1, 0.15) is 5.56 Å². The summed E-state index contributed by atoms with van der Waals surface area (Å²) < 4.78 is 2.08. The fraction of sp³-hybridized carbons (Fsp3) is 0.474. The van der Waals surface area contributed by atoms with E-state index in [0.29, 0.717) is 17.1 Å². The lowest BCUT2D eigenvalue weighted by Gasteiger charge is -2.21. The van der Waals surface area contributed by atoms with E-state index in [1.54, 1.807) is 12.3 Å². The normalized spacial score (nSPS) is 18.6. The van der Waals surface area contributed by atoms with Crippen LogP contribution in [0.3, 0.4) is 0 Å². The Morgan fingerprint density at radius 3 is 2.46 bits per heavy atom. The number of nitrogens with zero attached hydrogens (tertiary/aromatic N) is 2. The van der Waals surface area contributed by atoms with Gasteiger partial charge in [-0.1, -0.05) is 18.9 Å². The van der Waals surface area contributed by atoms with Crippen LogP contribution in [-0.4, -0.2) is 28.5 Å². The molecule has 24 heavy (non-hydrogen) atoms. The van der Waals surface area contributed by atoms with E-state index in [1.165, 1.54) is 0 Å². The van der Waals surface area contributed by atoms with Crippen molar-refractivity contribution >= 4 is 22.5 Å². The summed E-state index contributed by atoms with van der Waals surface area (Å²) in [5, 5.41) is 0.491. The molecule has 5 nitrogen and oxygen atoms in total. The van der Waals surface area contributed by atoms with Gasteiger partial charge in [0.15, 0.2) is 0 Å². The molecule has 0 unspecified atom stereocenters. The Kier molecular flexibility index (Phi) is 3.79. The van der Waals surface area contributed by atoms with E-state index < -0.39 is 0 Å². The number of likely N-dealkylation sites (tertiary alicyclic amines) is 1. The molecule has 4 rings (SSSR count). The van der Waals surface area contributed by atoms with Crippen molar-refractivity contribution in [1.82, 2.24) is 9.47 Å². The van der Waals surface area contributed by atoms with Gasteiger partial charge >= 0.3 is 0 Å². The fourth-order valence-electron chi connectivity index (χ4n) is 3.67. The number of carbonyl (C=O) groups is 1. The number of benzene rings is 1. The second kappa shape index (κ2) is 5.96. The van der Waals surface area contributed by atoms with Crippen molar-refractivity contribution in [3.8, 4) is 0 Å². The average molecular weight is 325 g/mol. The summed E-state index contributed by atoms with van der Waals surface area (Å²) in [5.74, 6) is -0.138. The van der Waals surface area contributed by atoms with Gasteiger partial charge in [0.25, 0.3) is 5.91 Å². The van der Waals surface area contributed by atoms with E-state index >= 15 is 0 Å². The minimum absolute atomic E-state index is 0.138. The van der Waals surface area contributed by atoms with Gasteiger partial charge < -0.3 is 15.2 Å². The molecule has 5 heteroatoms. The molecule has 0 atom stereocenters. The number of hydrogen-bond acceptors (Lipinski definition) is 3. The molecule has 0 radical (unpaired) electrons. The molecule has 1 saturated heterocycles. The third-order valence-electron chi connectivity index (χ3n) is 5.16. The van der Waals surface area contributed by atoms with Gasteiger partial charge in [-0.3, -0.25) is 9.59 Å². The summed E-state index contributed by atoms with van der Waals surface area (Å²) in [5.41, 5.74) is 7.42. The summed E-state index contributed by atoms with van der Waals surface area (Å²) in [6.07, 6.45) is 8.28. The molecule has 2 heterocycles. The van der Waals surface area contributed by atoms with E-state index in [9.17, 15) is 9.59 Å². The molecular weight excluding hydrogens is 302 g/mol. The quantitative estimate of drug-likeness (QED) is 0.863. The summed E-state index contributed by atoms with van der Waals surface area (Å²) in [6.45, 7) is 1.48. The van der Waals surface area contributed by atoms with Gasteiger partial charge in [-0.2, -0.15) is 0 Å². The summed E-state index contributed by atoms with van der Waals surface area (Å²) >= 11 is 0. The van der Waals surface area contributed by atoms with Crippen molar-refractivity contribution in [1.29, 1.82) is 0 Å². The Hall–Kier alpha value is -2.30. The van der Waals surface area contributed by atoms with Gasteiger partial charge in [0.2, 0.25) is 5.43 Å². The zero-order chi connectivity index (χ0) is 16.7. The van der Waals surface area contributed by atoms with Gasteiger partial charge in [0, 0.05) is 31.0 Å². The second-order valence-corrected chi connectivity index (χ2v) is 6.96. The Labute approximate surface area is 141 Å². The molecule has 126 valence electrons. The first-order valence-corrected chi connectivity index (χ1v) is 8.89. The number of pyridine rings is 1. The van der Waals surface area contributed by atoms with Crippen molar-refractivity contribution in [2.24, 2.45) is 0 Å². The van der Waals surface area contributed by atoms with Crippen LogP contribution in [-0.2, 0) is 0 Å². The molecule has 1 saturated carbocycles. The smallest absolute Gasteiger partial charge is 0.259 e. The lowest BCUT2D eigenvalue weighted by molar-refractivity contribution is 0.0760. The number of amides is 1. The monoisotopic (exact) mass is 325 g/mol. The zero-order valence-corrected chi connectivity index (χ0v) is 13.8. The van der Waals surface area contributed by atoms with Crippen LogP contribution in [0.15, 0.2) is 29.2 Å². The highest BCUT2D eigenvalue weighted by Crippen LogP contribution is 2.37. The number of fused-ring (bicyclic) bond motifs is 1. The Morgan fingerprint density at radius 2 is 1.79 bits per heavy atom. The minimum Gasteiger partial charge on any atom is -0.398 e. The van der Waals surface area contributed by atoms with Crippen LogP contribution in [0.1, 0.15) is 54.9 Å². The second-order valence-electron chi connectivity index (χ2n) is 6.96. The maximum Gasteiger partial charge on any atom is 0.259 e. The molecular formula is C19H23N3O2. The third kappa shape index (κ3) is 2.58. The van der Waals surface area contributed by atoms with Gasteiger partial charge in [0.05, 0.1) is 10.9 Å². The first-order valence-electron chi connectivity index (χ1n) is 8.89. The molecule has 1 aliphatic heterocycles. The lowest BCUT2D eigenvalue weighted by atomic mass is 10.1. The van der Waals surface area contributed by atoms with Crippen LogP contribution in [0.2, 0.25) is 0 Å². The average Bonchev–Trinajstić information content (AvgIpc) is 3.41. The standard InChI is InChI=1S/C19H23N3O2/c20-15-6-5-7-16-17(15)18(23)14(12-22(16)13-8-9-13)19(24)21-10-3-1-2-4-11-21/h5-7,12-13H,1-4,8-11,20H2. The molecule has 1 aromatic heterocycles. The van der Waals surface area contributed by atoms with Crippen LogP contribution < -0.4 is 11.2 Å². The third-order valence-corrected chi connectivity index (χ3v) is 5.16. The van der Waals surface area contributed by atoms with Crippen LogP contribution in [0.4, 0.5) is 5.69 Å². The van der Waals surface area contributed by atoms with Crippen LogP contribution in [0.25, 0.3) is 10.9 Å². The number of rotatable bonds is 2. The summed E-state index contributed by atoms with van der Waals surface area (Å²) in [7, 11) is 0. The maximum absolute atomic E-state index is 13.0. The van der Waals surface area contributed by atoms with Gasteiger partial charge in [-0.25, -0.2) is 0 Å². The molecule has 2 aliphatic rings. The van der Waals surface area contributed by atoms with Gasteiger partial charge in [-0.15, -0.1) is 0 Å². The minimum atomic E-state index is -0.228. The van der Waals surface area contributed by atoms with E-state index in [-0.39, 0.29) is 16.9 Å². The summed E-state index contributed by atoms with van der Waals surface area (Å²) in [6, 6.07) is 5.91. The maximum atomic E-state index is 13.0. The van der Waals surface area contributed by atoms with Gasteiger partial charge in [-0.05, 0) is 37.8 Å². The molecule has 2 fully saturated rings. The Bertz CT molecular complexity index is 844. The number of carbonyl (C=O) groups excluding carboxylic acids is 1. The fourth-order valence-corrected chi connectivity index (χ4v) is 3.67. The highest BCUT2D eigenvalue weighted by molar-refractivity contribution is 6.00. The number of nitrogens with two attached hydrogens (primary N) is 1. The molecule has 1 aromatic carbocycles. The predicted molar refractivity (Wildman–Crippen MR) is 95.3 cm³/mol. The first kappa shape index (κ1) is 15.2. The molecule has 1 amide bonds. The van der Waals surface area contributed by atoms with Crippen LogP contribution in [0, 0.1) is 0 Å². The molecule has 1 aliphatic carbocycles. The van der Waals surface area contributed by atoms with Crippen LogP contribution >= 0.6 is 0 Å². The SMILES string of the molecule is Nc1cccc2c1c(=O)c(C(=O)N1CCCCCC1)cn2C1CC1. The molecule has 2 aromatic rings. The predicted octanol–water partition coefficient (Wildman–Crippen LogP) is 2.93. The highest BCUT2D eigenvalue weighted by Gasteiger charge is 2.28. The largest absolute Gasteiger partial charge is 0.398 e. The van der Waals surface area contributed by atoms with Crippen molar-refractivity contribution < 1.29 is 4.79 Å². The molecule has 0 bridgehead atoms. The topological polar surface area (TPSA) is 68.3 Å². The first-order chi connectivity index (χ1) is 11.7. The van der Waals surface area contributed by atoms with E-state index in [0.717, 1.165) is 57.1 Å². The van der Waals surface area contributed by atoms with E-state index in [2.05, 4.69) is 4.57 Å². The molecule has 2 N–H and O–H groups in total. The van der Waals surface area contributed by atoms with E-state index in [1.807, 2.05) is 17.0 Å². The Balaban J connectivity index is 1.86. The molecule has 0 spiro atoms. The van der Waals surface area contributed by atoms with Crippen molar-refractivity contribution in [2.45, 2.75) is 44.6 Å². The number of aromatic nitrogens is 1. The lowest BCUT2D eigenvalue weighted by Crippen LogP contribution is -2.35. The Morgan fingerprint density at radius 1 is 1.08 bits per heavy atom. The van der Waals surface area contributed by atoms with Crippen molar-refractivity contribution in [2.75, 3.05) is 18.8 Å². The zero-order valence-electron chi connectivity index (χ0n) is 13.8. The highest BCUT2D eigenvalue weighted by atomic mass is 16.2. The van der Waals surface area contributed by atoms with Crippen molar-refractivity contribution in [3.63, 3.8) is 0 Å². The number of anilines is 1. The van der Waals surface area contributed by atoms with E-state index in [4.69, 9.17) is 5.73 Å². The van der Waals surface area contributed by atoms with Crippen molar-refractivity contribution in [3.05, 3.63) is 40.2 Å².